The minimum Gasteiger partial charge on any atom is -0.459 e. The van der Waals surface area contributed by atoms with Crippen LogP contribution >= 0.6 is 0 Å². The number of likely N-dealkylation sites (tertiary alicyclic amines) is 1. The van der Waals surface area contributed by atoms with Gasteiger partial charge >= 0.3 is 0 Å². The second kappa shape index (κ2) is 6.64. The average molecular weight is 318 g/mol. The molecule has 0 spiro atoms. The zero-order valence-electron chi connectivity index (χ0n) is 12.8. The van der Waals surface area contributed by atoms with Gasteiger partial charge in [-0.1, -0.05) is 10.3 Å². The van der Waals surface area contributed by atoms with Crippen LogP contribution < -0.4 is 5.32 Å². The number of amides is 2. The Morgan fingerprint density at radius 3 is 3.00 bits per heavy atom. The fourth-order valence-electron chi connectivity index (χ4n) is 2.68. The molecule has 3 heterocycles. The van der Waals surface area contributed by atoms with Crippen LogP contribution in [0, 0.1) is 6.92 Å². The first-order chi connectivity index (χ1) is 11.1. The highest BCUT2D eigenvalue weighted by molar-refractivity contribution is 5.91. The Labute approximate surface area is 132 Å². The van der Waals surface area contributed by atoms with Crippen molar-refractivity contribution in [3.05, 3.63) is 35.5 Å². The number of nitrogens with zero attached hydrogens (tertiary/aromatic N) is 3. The van der Waals surface area contributed by atoms with Crippen LogP contribution in [0.15, 0.2) is 27.4 Å². The molecule has 1 fully saturated rings. The van der Waals surface area contributed by atoms with Gasteiger partial charge in [-0.15, -0.1) is 0 Å². The second-order valence-corrected chi connectivity index (χ2v) is 5.61. The van der Waals surface area contributed by atoms with E-state index in [4.69, 9.17) is 4.42 Å². The number of carbonyl (C=O) groups is 2. The van der Waals surface area contributed by atoms with Crippen molar-refractivity contribution in [3.63, 3.8) is 0 Å². The van der Waals surface area contributed by atoms with E-state index in [1.54, 1.807) is 24.0 Å². The Hall–Kier alpha value is -2.64. The molecule has 1 atom stereocenters. The molecule has 0 aliphatic carbocycles. The minimum absolute atomic E-state index is 0.0738. The van der Waals surface area contributed by atoms with Crippen molar-refractivity contribution < 1.29 is 18.6 Å². The van der Waals surface area contributed by atoms with Gasteiger partial charge in [-0.2, -0.15) is 0 Å². The summed E-state index contributed by atoms with van der Waals surface area (Å²) >= 11 is 0. The van der Waals surface area contributed by atoms with Crippen molar-refractivity contribution in [2.75, 3.05) is 13.1 Å². The molecule has 3 rings (SSSR count). The normalized spacial score (nSPS) is 18.0. The first kappa shape index (κ1) is 15.3. The fourth-order valence-corrected chi connectivity index (χ4v) is 2.68. The van der Waals surface area contributed by atoms with E-state index in [1.807, 2.05) is 0 Å². The number of rotatable bonds is 4. The summed E-state index contributed by atoms with van der Waals surface area (Å²) in [5.41, 5.74) is 1.14. The minimum atomic E-state index is -0.152. The van der Waals surface area contributed by atoms with Crippen molar-refractivity contribution in [3.8, 4) is 0 Å². The molecular formula is C15H18N4O4. The van der Waals surface area contributed by atoms with Crippen LogP contribution in [0.5, 0.6) is 0 Å². The molecule has 23 heavy (non-hydrogen) atoms. The van der Waals surface area contributed by atoms with Crippen molar-refractivity contribution >= 4 is 11.8 Å². The Kier molecular flexibility index (Phi) is 4.40. The number of aryl methyl sites for hydroxylation is 1. The summed E-state index contributed by atoms with van der Waals surface area (Å²) < 4.78 is 9.73. The smallest absolute Gasteiger partial charge is 0.289 e. The van der Waals surface area contributed by atoms with Crippen LogP contribution in [0.25, 0.3) is 0 Å². The lowest BCUT2D eigenvalue weighted by atomic mass is 10.0. The lowest BCUT2D eigenvalue weighted by Crippen LogP contribution is -2.49. The molecule has 0 aromatic carbocycles. The number of hydrogen-bond acceptors (Lipinski definition) is 6. The predicted octanol–water partition coefficient (Wildman–Crippen LogP) is 0.935. The molecule has 8 heteroatoms. The molecule has 0 bridgehead atoms. The molecule has 2 aromatic heterocycles. The van der Waals surface area contributed by atoms with Crippen LogP contribution in [-0.4, -0.2) is 46.2 Å². The summed E-state index contributed by atoms with van der Waals surface area (Å²) in [5, 5.41) is 10.3. The predicted molar refractivity (Wildman–Crippen MR) is 78.5 cm³/mol. The third kappa shape index (κ3) is 3.58. The summed E-state index contributed by atoms with van der Waals surface area (Å²) in [5.74, 6) is 0.0212. The molecule has 2 amide bonds. The topological polar surface area (TPSA) is 101 Å². The summed E-state index contributed by atoms with van der Waals surface area (Å²) in [6.07, 6.45) is 3.27. The van der Waals surface area contributed by atoms with Gasteiger partial charge in [-0.3, -0.25) is 9.59 Å². The zero-order valence-corrected chi connectivity index (χ0v) is 12.8. The molecule has 1 saturated heterocycles. The van der Waals surface area contributed by atoms with Crippen molar-refractivity contribution in [1.29, 1.82) is 0 Å². The molecule has 1 aliphatic rings. The lowest BCUT2D eigenvalue weighted by molar-refractivity contribution is -0.121. The lowest BCUT2D eigenvalue weighted by Gasteiger charge is -2.32. The average Bonchev–Trinajstić information content (AvgIpc) is 3.19. The number of furan rings is 1. The van der Waals surface area contributed by atoms with Crippen molar-refractivity contribution in [2.24, 2.45) is 0 Å². The molecule has 1 N–H and O–H groups in total. The van der Waals surface area contributed by atoms with Crippen LogP contribution in [0.2, 0.25) is 0 Å². The number of hydrogen-bond donors (Lipinski definition) is 1. The largest absolute Gasteiger partial charge is 0.459 e. The van der Waals surface area contributed by atoms with Gasteiger partial charge in [-0.05, 0) is 31.9 Å². The molecule has 0 saturated carbocycles. The maximum absolute atomic E-state index is 12.3. The highest BCUT2D eigenvalue weighted by Crippen LogP contribution is 2.14. The summed E-state index contributed by atoms with van der Waals surface area (Å²) in [4.78, 5) is 26.1. The van der Waals surface area contributed by atoms with E-state index in [-0.39, 0.29) is 24.3 Å². The Morgan fingerprint density at radius 2 is 2.30 bits per heavy atom. The van der Waals surface area contributed by atoms with E-state index in [2.05, 4.69) is 20.3 Å². The monoisotopic (exact) mass is 318 g/mol. The van der Waals surface area contributed by atoms with Gasteiger partial charge in [-0.25, -0.2) is 4.63 Å². The first-order valence-corrected chi connectivity index (χ1v) is 7.53. The quantitative estimate of drug-likeness (QED) is 0.900. The van der Waals surface area contributed by atoms with E-state index < -0.39 is 0 Å². The van der Waals surface area contributed by atoms with Gasteiger partial charge in [0.1, 0.15) is 11.4 Å². The molecule has 1 aliphatic heterocycles. The second-order valence-electron chi connectivity index (χ2n) is 5.61. The van der Waals surface area contributed by atoms with Crippen LogP contribution in [0.1, 0.15) is 34.8 Å². The van der Waals surface area contributed by atoms with Gasteiger partial charge < -0.3 is 14.6 Å². The maximum atomic E-state index is 12.3. The molecule has 2 aromatic rings. The van der Waals surface area contributed by atoms with Gasteiger partial charge in [0.05, 0.1) is 12.7 Å². The van der Waals surface area contributed by atoms with E-state index in [1.165, 1.54) is 6.26 Å². The summed E-state index contributed by atoms with van der Waals surface area (Å²) in [6.45, 7) is 2.88. The van der Waals surface area contributed by atoms with Gasteiger partial charge in [0.25, 0.3) is 5.91 Å². The van der Waals surface area contributed by atoms with Crippen molar-refractivity contribution in [2.45, 2.75) is 32.2 Å². The number of carbonyl (C=O) groups excluding carboxylic acids is 2. The Morgan fingerprint density at radius 1 is 1.43 bits per heavy atom. The highest BCUT2D eigenvalue weighted by Gasteiger charge is 2.27. The van der Waals surface area contributed by atoms with E-state index in [0.29, 0.717) is 30.2 Å². The molecule has 8 nitrogen and oxygen atoms in total. The summed E-state index contributed by atoms with van der Waals surface area (Å²) in [7, 11) is 0. The SMILES string of the molecule is Cc1nonc1CC(=O)N[C@@H]1CCCN(C(=O)c2ccco2)C1. The first-order valence-electron chi connectivity index (χ1n) is 7.53. The third-order valence-corrected chi connectivity index (χ3v) is 3.88. The molecular weight excluding hydrogens is 300 g/mol. The Balaban J connectivity index is 1.55. The van der Waals surface area contributed by atoms with Crippen molar-refractivity contribution in [1.82, 2.24) is 20.5 Å². The van der Waals surface area contributed by atoms with E-state index in [9.17, 15) is 9.59 Å². The van der Waals surface area contributed by atoms with Gasteiger partial charge in [0.15, 0.2) is 5.76 Å². The van der Waals surface area contributed by atoms with Crippen LogP contribution in [0.3, 0.4) is 0 Å². The van der Waals surface area contributed by atoms with E-state index >= 15 is 0 Å². The molecule has 122 valence electrons. The van der Waals surface area contributed by atoms with Gasteiger partial charge in [0, 0.05) is 19.1 Å². The van der Waals surface area contributed by atoms with Crippen LogP contribution in [0.4, 0.5) is 0 Å². The third-order valence-electron chi connectivity index (χ3n) is 3.88. The fraction of sp³-hybridized carbons (Fsp3) is 0.467. The maximum Gasteiger partial charge on any atom is 0.289 e. The Bertz CT molecular complexity index is 679. The van der Waals surface area contributed by atoms with E-state index in [0.717, 1.165) is 12.8 Å². The molecule has 0 unspecified atom stereocenters. The number of nitrogens with one attached hydrogen (secondary N) is 1. The summed E-state index contributed by atoms with van der Waals surface area (Å²) in [6, 6.07) is 3.26. The number of piperidine rings is 1. The standard InChI is InChI=1S/C15H18N4O4/c1-10-12(18-23-17-10)8-14(20)16-11-4-2-6-19(9-11)15(21)13-5-3-7-22-13/h3,5,7,11H,2,4,6,8-9H2,1H3,(H,16,20)/t11-/m1/s1. The van der Waals surface area contributed by atoms with Gasteiger partial charge in [0.2, 0.25) is 5.91 Å². The molecule has 0 radical (unpaired) electrons. The zero-order chi connectivity index (χ0) is 16.2. The van der Waals surface area contributed by atoms with Crippen LogP contribution in [-0.2, 0) is 11.2 Å². The highest BCUT2D eigenvalue weighted by atomic mass is 16.6. The number of aromatic nitrogens is 2.